The van der Waals surface area contributed by atoms with E-state index in [0.717, 1.165) is 15.4 Å². The number of carbonyl (C=O) groups is 1. The summed E-state index contributed by atoms with van der Waals surface area (Å²) in [5, 5.41) is 5.49. The van der Waals surface area contributed by atoms with Gasteiger partial charge in [-0.3, -0.25) is 10.1 Å². The molecule has 0 fully saturated rings. The Hall–Kier alpha value is -1.47. The van der Waals surface area contributed by atoms with Crippen molar-refractivity contribution in [3.05, 3.63) is 61.0 Å². The van der Waals surface area contributed by atoms with Crippen LogP contribution in [0.3, 0.4) is 0 Å². The standard InChI is InChI=1S/C15H11Cl2N3OS2/c1-8-18-7-13(22-8)14(21)20-15-19-6-11(23-15)5-9-4-10(16)2-3-12(9)17/h2-4,6-7H,5H2,1H3,(H,19,20,21). The molecule has 0 bridgehead atoms. The number of carbonyl (C=O) groups excluding carboxylic acids is 1. The maximum absolute atomic E-state index is 12.1. The van der Waals surface area contributed by atoms with E-state index in [2.05, 4.69) is 15.3 Å². The van der Waals surface area contributed by atoms with Crippen LogP contribution in [0.15, 0.2) is 30.6 Å². The second-order valence-corrected chi connectivity index (χ2v) is 7.94. The number of nitrogens with zero attached hydrogens (tertiary/aromatic N) is 2. The molecule has 2 heterocycles. The van der Waals surface area contributed by atoms with Gasteiger partial charge in [-0.15, -0.1) is 22.7 Å². The predicted octanol–water partition coefficient (Wildman–Crippen LogP) is 5.06. The highest BCUT2D eigenvalue weighted by Gasteiger charge is 2.12. The van der Waals surface area contributed by atoms with Gasteiger partial charge >= 0.3 is 0 Å². The molecule has 0 spiro atoms. The van der Waals surface area contributed by atoms with E-state index < -0.39 is 0 Å². The summed E-state index contributed by atoms with van der Waals surface area (Å²) in [4.78, 5) is 21.9. The molecule has 1 amide bonds. The summed E-state index contributed by atoms with van der Waals surface area (Å²) in [6.45, 7) is 1.86. The van der Waals surface area contributed by atoms with Crippen molar-refractivity contribution in [1.29, 1.82) is 0 Å². The van der Waals surface area contributed by atoms with Crippen LogP contribution in [0.4, 0.5) is 5.13 Å². The number of halogens is 2. The number of hydrogen-bond acceptors (Lipinski definition) is 5. The van der Waals surface area contributed by atoms with Gasteiger partial charge in [0.15, 0.2) is 5.13 Å². The first kappa shape index (κ1) is 16.4. The molecule has 0 aliphatic rings. The number of aryl methyl sites for hydroxylation is 1. The fourth-order valence-electron chi connectivity index (χ4n) is 1.94. The topological polar surface area (TPSA) is 54.9 Å². The Morgan fingerprint density at radius 3 is 2.78 bits per heavy atom. The molecule has 3 aromatic rings. The zero-order chi connectivity index (χ0) is 16.4. The minimum absolute atomic E-state index is 0.197. The molecule has 118 valence electrons. The van der Waals surface area contributed by atoms with Crippen molar-refractivity contribution in [3.63, 3.8) is 0 Å². The van der Waals surface area contributed by atoms with Gasteiger partial charge in [0, 0.05) is 27.5 Å². The number of thiazole rings is 2. The van der Waals surface area contributed by atoms with Gasteiger partial charge < -0.3 is 0 Å². The Kier molecular flexibility index (Phi) is 4.96. The molecule has 0 unspecified atom stereocenters. The minimum atomic E-state index is -0.197. The number of aromatic nitrogens is 2. The van der Waals surface area contributed by atoms with Crippen molar-refractivity contribution in [3.8, 4) is 0 Å². The molecule has 3 rings (SSSR count). The summed E-state index contributed by atoms with van der Waals surface area (Å²) in [7, 11) is 0. The van der Waals surface area contributed by atoms with Gasteiger partial charge in [-0.1, -0.05) is 23.2 Å². The number of amides is 1. The zero-order valence-corrected chi connectivity index (χ0v) is 15.1. The van der Waals surface area contributed by atoms with E-state index in [0.29, 0.717) is 26.5 Å². The summed E-state index contributed by atoms with van der Waals surface area (Å²) in [5.74, 6) is -0.197. The van der Waals surface area contributed by atoms with Crippen LogP contribution in [0, 0.1) is 6.92 Å². The third kappa shape index (κ3) is 4.09. The molecule has 1 aromatic carbocycles. The second kappa shape index (κ2) is 6.97. The van der Waals surface area contributed by atoms with E-state index in [4.69, 9.17) is 23.2 Å². The lowest BCUT2D eigenvalue weighted by atomic mass is 10.1. The first-order chi connectivity index (χ1) is 11.0. The normalized spacial score (nSPS) is 10.7. The molecule has 1 N–H and O–H groups in total. The Labute approximate surface area is 151 Å². The highest BCUT2D eigenvalue weighted by Crippen LogP contribution is 2.27. The Bertz CT molecular complexity index is 860. The molecule has 4 nitrogen and oxygen atoms in total. The quantitative estimate of drug-likeness (QED) is 0.684. The highest BCUT2D eigenvalue weighted by molar-refractivity contribution is 7.16. The van der Waals surface area contributed by atoms with Crippen molar-refractivity contribution in [2.75, 3.05) is 5.32 Å². The number of hydrogen-bond donors (Lipinski definition) is 1. The van der Waals surface area contributed by atoms with Crippen LogP contribution >= 0.6 is 45.9 Å². The van der Waals surface area contributed by atoms with Crippen molar-refractivity contribution in [2.45, 2.75) is 13.3 Å². The maximum atomic E-state index is 12.1. The second-order valence-electron chi connectivity index (χ2n) is 4.74. The van der Waals surface area contributed by atoms with Crippen LogP contribution in [0.2, 0.25) is 10.0 Å². The summed E-state index contributed by atoms with van der Waals surface area (Å²) >= 11 is 14.9. The lowest BCUT2D eigenvalue weighted by Crippen LogP contribution is -2.09. The molecular weight excluding hydrogens is 373 g/mol. The van der Waals surface area contributed by atoms with Crippen LogP contribution in [0.1, 0.15) is 25.1 Å². The van der Waals surface area contributed by atoms with Gasteiger partial charge in [-0.25, -0.2) is 9.97 Å². The van der Waals surface area contributed by atoms with Crippen molar-refractivity contribution in [2.24, 2.45) is 0 Å². The van der Waals surface area contributed by atoms with Gasteiger partial charge in [-0.05, 0) is 30.7 Å². The van der Waals surface area contributed by atoms with Crippen molar-refractivity contribution in [1.82, 2.24) is 9.97 Å². The van der Waals surface area contributed by atoms with E-state index in [1.165, 1.54) is 22.7 Å². The van der Waals surface area contributed by atoms with Crippen LogP contribution in [-0.4, -0.2) is 15.9 Å². The first-order valence-corrected chi connectivity index (χ1v) is 9.02. The van der Waals surface area contributed by atoms with Crippen LogP contribution in [0.25, 0.3) is 0 Å². The maximum Gasteiger partial charge on any atom is 0.269 e. The molecule has 0 saturated heterocycles. The molecule has 0 aliphatic carbocycles. The van der Waals surface area contributed by atoms with Gasteiger partial charge in [-0.2, -0.15) is 0 Å². The third-order valence-electron chi connectivity index (χ3n) is 2.99. The lowest BCUT2D eigenvalue weighted by molar-refractivity contribution is 0.103. The van der Waals surface area contributed by atoms with E-state index >= 15 is 0 Å². The van der Waals surface area contributed by atoms with E-state index in [-0.39, 0.29) is 5.91 Å². The summed E-state index contributed by atoms with van der Waals surface area (Å²) in [6, 6.07) is 5.36. The van der Waals surface area contributed by atoms with Gasteiger partial charge in [0.1, 0.15) is 4.88 Å². The average molecular weight is 384 g/mol. The van der Waals surface area contributed by atoms with Crippen LogP contribution in [0.5, 0.6) is 0 Å². The van der Waals surface area contributed by atoms with Crippen LogP contribution < -0.4 is 5.32 Å². The van der Waals surface area contributed by atoms with E-state index in [9.17, 15) is 4.79 Å². The predicted molar refractivity (Wildman–Crippen MR) is 96.2 cm³/mol. The monoisotopic (exact) mass is 383 g/mol. The number of nitrogens with one attached hydrogen (secondary N) is 1. The van der Waals surface area contributed by atoms with Gasteiger partial charge in [0.2, 0.25) is 0 Å². The fraction of sp³-hybridized carbons (Fsp3) is 0.133. The molecule has 0 radical (unpaired) electrons. The summed E-state index contributed by atoms with van der Waals surface area (Å²) < 4.78 is 0. The summed E-state index contributed by atoms with van der Waals surface area (Å²) in [6.07, 6.45) is 3.91. The SMILES string of the molecule is Cc1ncc(C(=O)Nc2ncc(Cc3cc(Cl)ccc3Cl)s2)s1. The zero-order valence-electron chi connectivity index (χ0n) is 12.0. The van der Waals surface area contributed by atoms with E-state index in [1.54, 1.807) is 24.5 Å². The first-order valence-electron chi connectivity index (χ1n) is 6.63. The van der Waals surface area contributed by atoms with Crippen molar-refractivity contribution < 1.29 is 4.79 Å². The fourth-order valence-corrected chi connectivity index (χ4v) is 3.82. The molecule has 8 heteroatoms. The van der Waals surface area contributed by atoms with Gasteiger partial charge in [0.05, 0.1) is 11.2 Å². The Morgan fingerprint density at radius 2 is 2.04 bits per heavy atom. The van der Waals surface area contributed by atoms with Crippen molar-refractivity contribution >= 4 is 56.9 Å². The highest BCUT2D eigenvalue weighted by atomic mass is 35.5. The summed E-state index contributed by atoms with van der Waals surface area (Å²) in [5.41, 5.74) is 0.929. The molecule has 23 heavy (non-hydrogen) atoms. The average Bonchev–Trinajstić information content (AvgIpc) is 3.12. The molecule has 0 aliphatic heterocycles. The Morgan fingerprint density at radius 1 is 1.22 bits per heavy atom. The third-order valence-corrected chi connectivity index (χ3v) is 5.42. The Balaban J connectivity index is 1.70. The largest absolute Gasteiger partial charge is 0.297 e. The number of anilines is 1. The smallest absolute Gasteiger partial charge is 0.269 e. The molecular formula is C15H11Cl2N3OS2. The van der Waals surface area contributed by atoms with Gasteiger partial charge in [0.25, 0.3) is 5.91 Å². The van der Waals surface area contributed by atoms with E-state index in [1.807, 2.05) is 13.0 Å². The lowest BCUT2D eigenvalue weighted by Gasteiger charge is -2.02. The van der Waals surface area contributed by atoms with Crippen LogP contribution in [-0.2, 0) is 6.42 Å². The molecule has 0 saturated carbocycles. The molecule has 0 atom stereocenters. The number of rotatable bonds is 4. The number of benzene rings is 1. The molecule has 2 aromatic heterocycles. The minimum Gasteiger partial charge on any atom is -0.297 e.